The van der Waals surface area contributed by atoms with E-state index in [0.717, 1.165) is 25.0 Å². The number of aliphatic hydroxyl groups is 1. The number of ether oxygens (including phenoxy) is 2. The molecule has 1 aliphatic heterocycles. The van der Waals surface area contributed by atoms with E-state index < -0.39 is 12.1 Å². The minimum atomic E-state index is -1.01. The third kappa shape index (κ3) is 4.69. The van der Waals surface area contributed by atoms with Crippen LogP contribution in [0.15, 0.2) is 47.9 Å². The van der Waals surface area contributed by atoms with E-state index in [-0.39, 0.29) is 29.7 Å². The summed E-state index contributed by atoms with van der Waals surface area (Å²) in [4.78, 5) is 15.2. The summed E-state index contributed by atoms with van der Waals surface area (Å²) < 4.78 is 11.9. The van der Waals surface area contributed by atoms with E-state index in [1.54, 1.807) is 5.38 Å². The SMILES string of the molecule is O=C(O)c1csc([C@H]2CC[C@@H]3[C@@H](/C=C/CCOc4ccccc4)[C@H](O)C[C@@H]3O2)n1. The van der Waals surface area contributed by atoms with Crippen LogP contribution in [0, 0.1) is 11.8 Å². The number of rotatable bonds is 7. The van der Waals surface area contributed by atoms with Crippen LogP contribution in [0.1, 0.15) is 47.3 Å². The van der Waals surface area contributed by atoms with Crippen LogP contribution >= 0.6 is 11.3 Å². The van der Waals surface area contributed by atoms with E-state index in [1.165, 1.54) is 11.3 Å². The van der Waals surface area contributed by atoms with Crippen LogP contribution in [0.2, 0.25) is 0 Å². The lowest BCUT2D eigenvalue weighted by Gasteiger charge is -2.33. The first-order valence-electron chi connectivity index (χ1n) is 9.98. The fourth-order valence-corrected chi connectivity index (χ4v) is 5.12. The van der Waals surface area contributed by atoms with Gasteiger partial charge in [-0.05, 0) is 37.3 Å². The summed E-state index contributed by atoms with van der Waals surface area (Å²) in [6, 6.07) is 9.73. The van der Waals surface area contributed by atoms with Crippen LogP contribution in [0.25, 0.3) is 0 Å². The highest BCUT2D eigenvalue weighted by Crippen LogP contribution is 2.46. The van der Waals surface area contributed by atoms with Crippen molar-refractivity contribution in [2.24, 2.45) is 11.8 Å². The monoisotopic (exact) mass is 415 g/mol. The number of para-hydroxylation sites is 1. The molecule has 2 aromatic rings. The number of fused-ring (bicyclic) bond motifs is 1. The Bertz CT molecular complexity index is 852. The van der Waals surface area contributed by atoms with Crippen LogP contribution in [-0.4, -0.2) is 40.0 Å². The zero-order chi connectivity index (χ0) is 20.2. The Labute approximate surface area is 173 Å². The Kier molecular flexibility index (Phi) is 6.28. The number of aliphatic hydroxyl groups excluding tert-OH is 1. The standard InChI is InChI=1S/C22H25NO5S/c24-18-12-20-16(9-10-19(28-20)21-23-17(13-29-21)22(25)26)15(18)8-4-5-11-27-14-6-2-1-3-7-14/h1-4,6-8,13,15-16,18-20,24H,5,9-12H2,(H,25,26)/b8-4+/t15-,16-,18-,19-,20+/m1/s1. The molecule has 2 fully saturated rings. The van der Waals surface area contributed by atoms with E-state index >= 15 is 0 Å². The minimum Gasteiger partial charge on any atom is -0.493 e. The quantitative estimate of drug-likeness (QED) is 0.523. The second-order valence-corrected chi connectivity index (χ2v) is 8.43. The lowest BCUT2D eigenvalue weighted by molar-refractivity contribution is -0.0767. The fourth-order valence-electron chi connectivity index (χ4n) is 4.26. The van der Waals surface area contributed by atoms with Crippen molar-refractivity contribution in [3.8, 4) is 5.75 Å². The highest BCUT2D eigenvalue weighted by Gasteiger charge is 2.45. The van der Waals surface area contributed by atoms with Crippen molar-refractivity contribution in [2.75, 3.05) is 6.61 Å². The third-order valence-corrected chi connectivity index (χ3v) is 6.60. The van der Waals surface area contributed by atoms with Gasteiger partial charge in [0, 0.05) is 17.7 Å². The van der Waals surface area contributed by atoms with Gasteiger partial charge in [0.15, 0.2) is 5.69 Å². The molecule has 1 saturated heterocycles. The molecule has 29 heavy (non-hydrogen) atoms. The summed E-state index contributed by atoms with van der Waals surface area (Å²) in [7, 11) is 0. The second kappa shape index (κ2) is 9.07. The lowest BCUT2D eigenvalue weighted by atomic mass is 9.86. The van der Waals surface area contributed by atoms with E-state index in [9.17, 15) is 9.90 Å². The first-order valence-corrected chi connectivity index (χ1v) is 10.9. The molecule has 0 radical (unpaired) electrons. The van der Waals surface area contributed by atoms with Gasteiger partial charge in [-0.1, -0.05) is 30.4 Å². The number of benzene rings is 1. The Hall–Kier alpha value is -2.22. The molecule has 4 rings (SSSR count). The van der Waals surface area contributed by atoms with Gasteiger partial charge in [0.2, 0.25) is 0 Å². The van der Waals surface area contributed by atoms with E-state index in [0.29, 0.717) is 18.0 Å². The van der Waals surface area contributed by atoms with Crippen LogP contribution in [0.5, 0.6) is 5.75 Å². The molecule has 2 aliphatic rings. The van der Waals surface area contributed by atoms with Crippen LogP contribution in [0.3, 0.4) is 0 Å². The normalized spacial score (nSPS) is 29.1. The number of aromatic nitrogens is 1. The molecule has 7 heteroatoms. The molecule has 1 aromatic heterocycles. The van der Waals surface area contributed by atoms with Gasteiger partial charge >= 0.3 is 5.97 Å². The smallest absolute Gasteiger partial charge is 0.355 e. The largest absolute Gasteiger partial charge is 0.493 e. The van der Waals surface area contributed by atoms with Crippen molar-refractivity contribution < 1.29 is 24.5 Å². The summed E-state index contributed by atoms with van der Waals surface area (Å²) in [5.41, 5.74) is 0.0701. The number of hydrogen-bond acceptors (Lipinski definition) is 6. The molecule has 2 heterocycles. The van der Waals surface area contributed by atoms with Gasteiger partial charge in [-0.3, -0.25) is 0 Å². The van der Waals surface area contributed by atoms with Crippen LogP contribution in [0.4, 0.5) is 0 Å². The van der Waals surface area contributed by atoms with E-state index in [4.69, 9.17) is 14.6 Å². The van der Waals surface area contributed by atoms with Crippen molar-refractivity contribution in [1.29, 1.82) is 0 Å². The van der Waals surface area contributed by atoms with E-state index in [1.807, 2.05) is 30.3 Å². The topological polar surface area (TPSA) is 88.9 Å². The number of hydrogen-bond donors (Lipinski definition) is 2. The van der Waals surface area contributed by atoms with Gasteiger partial charge in [-0.2, -0.15) is 0 Å². The molecule has 1 aliphatic carbocycles. The molecule has 0 unspecified atom stereocenters. The number of carbonyl (C=O) groups is 1. The summed E-state index contributed by atoms with van der Waals surface area (Å²) in [6.45, 7) is 0.603. The average molecular weight is 416 g/mol. The lowest BCUT2D eigenvalue weighted by Crippen LogP contribution is -2.29. The van der Waals surface area contributed by atoms with Crippen molar-refractivity contribution >= 4 is 17.3 Å². The molecule has 5 atom stereocenters. The predicted molar refractivity (Wildman–Crippen MR) is 109 cm³/mol. The van der Waals surface area contributed by atoms with Gasteiger partial charge < -0.3 is 19.7 Å². The molecule has 2 N–H and O–H groups in total. The number of nitrogens with zero attached hydrogens (tertiary/aromatic N) is 1. The highest BCUT2D eigenvalue weighted by atomic mass is 32.1. The molecule has 1 aromatic carbocycles. The molecule has 0 spiro atoms. The average Bonchev–Trinajstić information content (AvgIpc) is 3.33. The Morgan fingerprint density at radius 3 is 2.90 bits per heavy atom. The van der Waals surface area contributed by atoms with Gasteiger partial charge in [0.25, 0.3) is 0 Å². The number of aromatic carboxylic acids is 1. The number of carboxylic acid groups (broad SMARTS) is 1. The molecule has 154 valence electrons. The van der Waals surface area contributed by atoms with Crippen LogP contribution in [-0.2, 0) is 4.74 Å². The van der Waals surface area contributed by atoms with E-state index in [2.05, 4.69) is 17.1 Å². The second-order valence-electron chi connectivity index (χ2n) is 7.54. The first-order chi connectivity index (χ1) is 14.1. The molecular weight excluding hydrogens is 390 g/mol. The minimum absolute atomic E-state index is 0.0175. The van der Waals surface area contributed by atoms with Gasteiger partial charge in [-0.25, -0.2) is 9.78 Å². The molecular formula is C22H25NO5S. The summed E-state index contributed by atoms with van der Waals surface area (Å²) in [5, 5.41) is 21.9. The Morgan fingerprint density at radius 2 is 2.14 bits per heavy atom. The maximum Gasteiger partial charge on any atom is 0.355 e. The molecule has 6 nitrogen and oxygen atoms in total. The van der Waals surface area contributed by atoms with Gasteiger partial charge in [0.05, 0.1) is 18.8 Å². The van der Waals surface area contributed by atoms with Crippen molar-refractivity contribution in [1.82, 2.24) is 4.98 Å². The molecule has 0 bridgehead atoms. The first kappa shape index (κ1) is 20.1. The highest BCUT2D eigenvalue weighted by molar-refractivity contribution is 7.09. The zero-order valence-corrected chi connectivity index (χ0v) is 16.8. The summed E-state index contributed by atoms with van der Waals surface area (Å²) in [6.07, 6.45) is 6.71. The maximum atomic E-state index is 11.0. The zero-order valence-electron chi connectivity index (χ0n) is 16.0. The van der Waals surface area contributed by atoms with Crippen molar-refractivity contribution in [3.05, 3.63) is 58.6 Å². The van der Waals surface area contributed by atoms with Crippen LogP contribution < -0.4 is 4.74 Å². The third-order valence-electron chi connectivity index (χ3n) is 5.66. The Morgan fingerprint density at radius 1 is 1.31 bits per heavy atom. The molecule has 1 saturated carbocycles. The summed E-state index contributed by atoms with van der Waals surface area (Å²) in [5.74, 6) is 0.218. The predicted octanol–water partition coefficient (Wildman–Crippen LogP) is 4.08. The maximum absolute atomic E-state index is 11.0. The number of thiazole rings is 1. The molecule has 0 amide bonds. The number of carboxylic acids is 1. The fraction of sp³-hybridized carbons (Fsp3) is 0.455. The summed E-state index contributed by atoms with van der Waals surface area (Å²) >= 11 is 1.33. The van der Waals surface area contributed by atoms with Gasteiger partial charge in [0.1, 0.15) is 16.9 Å². The Balaban J connectivity index is 1.29. The van der Waals surface area contributed by atoms with Crippen molar-refractivity contribution in [2.45, 2.75) is 44.0 Å². The van der Waals surface area contributed by atoms with Crippen molar-refractivity contribution in [3.63, 3.8) is 0 Å². The van der Waals surface area contributed by atoms with Gasteiger partial charge in [-0.15, -0.1) is 11.3 Å².